The van der Waals surface area contributed by atoms with E-state index in [0.29, 0.717) is 0 Å². The Kier molecular flexibility index (Phi) is 6.22. The van der Waals surface area contributed by atoms with Gasteiger partial charge in [-0.3, -0.25) is 0 Å². The fourth-order valence-corrected chi connectivity index (χ4v) is 2.73. The van der Waals surface area contributed by atoms with Gasteiger partial charge in [0.15, 0.2) is 0 Å². The average Bonchev–Trinajstić information content (AvgIpc) is 2.89. The molecule has 1 aromatic carbocycles. The SMILES string of the molecule is CCCCCCCCNCc1ccc2c(c1)CCN2. The van der Waals surface area contributed by atoms with Crippen molar-refractivity contribution >= 4 is 5.69 Å². The zero-order valence-electron chi connectivity index (χ0n) is 12.3. The van der Waals surface area contributed by atoms with E-state index in [2.05, 4.69) is 35.8 Å². The molecule has 0 bridgehead atoms. The minimum absolute atomic E-state index is 1.02. The van der Waals surface area contributed by atoms with Crippen LogP contribution < -0.4 is 10.6 Å². The van der Waals surface area contributed by atoms with E-state index >= 15 is 0 Å². The molecule has 0 unspecified atom stereocenters. The molecule has 1 aliphatic rings. The third-order valence-electron chi connectivity index (χ3n) is 3.92. The van der Waals surface area contributed by atoms with E-state index in [4.69, 9.17) is 0 Å². The number of hydrogen-bond donors (Lipinski definition) is 2. The molecule has 2 rings (SSSR count). The highest BCUT2D eigenvalue weighted by atomic mass is 14.9. The Balaban J connectivity index is 1.56. The van der Waals surface area contributed by atoms with E-state index in [-0.39, 0.29) is 0 Å². The second kappa shape index (κ2) is 8.21. The summed E-state index contributed by atoms with van der Waals surface area (Å²) < 4.78 is 0. The fraction of sp³-hybridized carbons (Fsp3) is 0.647. The Morgan fingerprint density at radius 3 is 2.84 bits per heavy atom. The van der Waals surface area contributed by atoms with E-state index in [1.54, 1.807) is 0 Å². The Morgan fingerprint density at radius 1 is 1.11 bits per heavy atom. The van der Waals surface area contributed by atoms with E-state index in [1.807, 2.05) is 0 Å². The smallest absolute Gasteiger partial charge is 0.0373 e. The topological polar surface area (TPSA) is 24.1 Å². The molecule has 0 radical (unpaired) electrons. The molecule has 106 valence electrons. The van der Waals surface area contributed by atoms with Crippen LogP contribution in [0.1, 0.15) is 56.6 Å². The molecule has 1 heterocycles. The fourth-order valence-electron chi connectivity index (χ4n) is 2.73. The summed E-state index contributed by atoms with van der Waals surface area (Å²) in [6, 6.07) is 6.82. The van der Waals surface area contributed by atoms with E-state index in [1.165, 1.54) is 61.8 Å². The number of rotatable bonds is 9. The highest BCUT2D eigenvalue weighted by molar-refractivity contribution is 5.56. The lowest BCUT2D eigenvalue weighted by Gasteiger charge is -2.07. The van der Waals surface area contributed by atoms with Gasteiger partial charge >= 0.3 is 0 Å². The minimum atomic E-state index is 1.02. The molecule has 0 saturated carbocycles. The lowest BCUT2D eigenvalue weighted by molar-refractivity contribution is 0.572. The van der Waals surface area contributed by atoms with Crippen LogP contribution in [0.25, 0.3) is 0 Å². The molecule has 2 heteroatoms. The van der Waals surface area contributed by atoms with Crippen LogP contribution >= 0.6 is 0 Å². The number of fused-ring (bicyclic) bond motifs is 1. The van der Waals surface area contributed by atoms with Crippen molar-refractivity contribution in [2.75, 3.05) is 18.4 Å². The van der Waals surface area contributed by atoms with E-state index in [0.717, 1.165) is 19.6 Å². The van der Waals surface area contributed by atoms with Crippen LogP contribution in [-0.2, 0) is 13.0 Å². The normalized spacial score (nSPS) is 13.3. The first-order chi connectivity index (χ1) is 9.40. The Hall–Kier alpha value is -1.02. The standard InChI is InChI=1S/C17H28N2/c1-2-3-4-5-6-7-11-18-14-15-8-9-17-16(13-15)10-12-19-17/h8-9,13,18-19H,2-7,10-12,14H2,1H3. The zero-order chi connectivity index (χ0) is 13.3. The Morgan fingerprint density at radius 2 is 1.95 bits per heavy atom. The number of anilines is 1. The van der Waals surface area contributed by atoms with Crippen molar-refractivity contribution in [2.24, 2.45) is 0 Å². The van der Waals surface area contributed by atoms with Crippen molar-refractivity contribution in [3.63, 3.8) is 0 Å². The summed E-state index contributed by atoms with van der Waals surface area (Å²) in [5, 5.41) is 6.97. The molecular weight excluding hydrogens is 232 g/mol. The molecule has 2 N–H and O–H groups in total. The van der Waals surface area contributed by atoms with Gasteiger partial charge in [-0.05, 0) is 36.6 Å². The van der Waals surface area contributed by atoms with Crippen LogP contribution in [0.2, 0.25) is 0 Å². The van der Waals surface area contributed by atoms with Crippen molar-refractivity contribution in [3.8, 4) is 0 Å². The quantitative estimate of drug-likeness (QED) is 0.653. The summed E-state index contributed by atoms with van der Waals surface area (Å²) in [6.07, 6.45) is 9.42. The lowest BCUT2D eigenvalue weighted by atomic mass is 10.1. The first-order valence-electron chi connectivity index (χ1n) is 7.96. The number of benzene rings is 1. The molecule has 19 heavy (non-hydrogen) atoms. The monoisotopic (exact) mass is 260 g/mol. The number of hydrogen-bond acceptors (Lipinski definition) is 2. The molecule has 0 aliphatic carbocycles. The molecule has 0 aromatic heterocycles. The molecule has 0 saturated heterocycles. The third kappa shape index (κ3) is 4.87. The summed E-state index contributed by atoms with van der Waals surface area (Å²) in [7, 11) is 0. The van der Waals surface area contributed by atoms with Crippen LogP contribution in [-0.4, -0.2) is 13.1 Å². The van der Waals surface area contributed by atoms with Gasteiger partial charge in [0.1, 0.15) is 0 Å². The van der Waals surface area contributed by atoms with Gasteiger partial charge in [-0.15, -0.1) is 0 Å². The summed E-state index contributed by atoms with van der Waals surface area (Å²) in [5.41, 5.74) is 4.24. The Bertz CT molecular complexity index is 374. The van der Waals surface area contributed by atoms with Crippen LogP contribution in [0.5, 0.6) is 0 Å². The minimum Gasteiger partial charge on any atom is -0.384 e. The molecule has 1 aromatic rings. The number of unbranched alkanes of at least 4 members (excludes halogenated alkanes) is 5. The predicted octanol–water partition coefficient (Wildman–Crippen LogP) is 4.10. The van der Waals surface area contributed by atoms with Gasteiger partial charge < -0.3 is 10.6 Å². The molecular formula is C17H28N2. The average molecular weight is 260 g/mol. The lowest BCUT2D eigenvalue weighted by Crippen LogP contribution is -2.14. The predicted molar refractivity (Wildman–Crippen MR) is 83.7 cm³/mol. The summed E-state index contributed by atoms with van der Waals surface area (Å²) in [6.45, 7) is 5.54. The second-order valence-electron chi connectivity index (χ2n) is 5.61. The van der Waals surface area contributed by atoms with Gasteiger partial charge in [0, 0.05) is 18.8 Å². The van der Waals surface area contributed by atoms with Gasteiger partial charge in [0.2, 0.25) is 0 Å². The second-order valence-corrected chi connectivity index (χ2v) is 5.61. The first-order valence-corrected chi connectivity index (χ1v) is 7.96. The highest BCUT2D eigenvalue weighted by Crippen LogP contribution is 2.22. The van der Waals surface area contributed by atoms with Crippen molar-refractivity contribution < 1.29 is 0 Å². The van der Waals surface area contributed by atoms with Gasteiger partial charge in [-0.1, -0.05) is 51.2 Å². The van der Waals surface area contributed by atoms with Gasteiger partial charge in [-0.25, -0.2) is 0 Å². The maximum atomic E-state index is 3.56. The Labute approximate surface area is 118 Å². The molecule has 0 spiro atoms. The molecule has 0 atom stereocenters. The van der Waals surface area contributed by atoms with E-state index in [9.17, 15) is 0 Å². The zero-order valence-corrected chi connectivity index (χ0v) is 12.3. The first kappa shape index (κ1) is 14.4. The maximum Gasteiger partial charge on any atom is 0.0373 e. The maximum absolute atomic E-state index is 3.56. The summed E-state index contributed by atoms with van der Waals surface area (Å²) in [4.78, 5) is 0. The van der Waals surface area contributed by atoms with Crippen molar-refractivity contribution in [2.45, 2.75) is 58.4 Å². The van der Waals surface area contributed by atoms with Crippen molar-refractivity contribution in [3.05, 3.63) is 29.3 Å². The van der Waals surface area contributed by atoms with E-state index < -0.39 is 0 Å². The van der Waals surface area contributed by atoms with Crippen molar-refractivity contribution in [1.29, 1.82) is 0 Å². The summed E-state index contributed by atoms with van der Waals surface area (Å²) in [5.74, 6) is 0. The van der Waals surface area contributed by atoms with Crippen molar-refractivity contribution in [1.82, 2.24) is 5.32 Å². The van der Waals surface area contributed by atoms with Crippen LogP contribution in [0.4, 0.5) is 5.69 Å². The largest absolute Gasteiger partial charge is 0.384 e. The van der Waals surface area contributed by atoms with Crippen LogP contribution in [0, 0.1) is 0 Å². The molecule has 0 fully saturated rings. The van der Waals surface area contributed by atoms with Gasteiger partial charge in [-0.2, -0.15) is 0 Å². The molecule has 2 nitrogen and oxygen atoms in total. The van der Waals surface area contributed by atoms with Gasteiger partial charge in [0.05, 0.1) is 0 Å². The van der Waals surface area contributed by atoms with Gasteiger partial charge in [0.25, 0.3) is 0 Å². The summed E-state index contributed by atoms with van der Waals surface area (Å²) >= 11 is 0. The third-order valence-corrected chi connectivity index (χ3v) is 3.92. The van der Waals surface area contributed by atoms with Crippen LogP contribution in [0.3, 0.4) is 0 Å². The molecule has 1 aliphatic heterocycles. The highest BCUT2D eigenvalue weighted by Gasteiger charge is 2.09. The van der Waals surface area contributed by atoms with Crippen LogP contribution in [0.15, 0.2) is 18.2 Å². The number of nitrogens with one attached hydrogen (secondary N) is 2. The molecule has 0 amide bonds.